The zero-order valence-corrected chi connectivity index (χ0v) is 11.6. The summed E-state index contributed by atoms with van der Waals surface area (Å²) in [6, 6.07) is 3.90. The number of rotatable bonds is 0. The van der Waals surface area contributed by atoms with Gasteiger partial charge < -0.3 is 4.74 Å². The van der Waals surface area contributed by atoms with Crippen molar-refractivity contribution in [2.75, 3.05) is 0 Å². The van der Waals surface area contributed by atoms with Gasteiger partial charge in [-0.15, -0.1) is 0 Å². The molecule has 0 fully saturated rings. The lowest BCUT2D eigenvalue weighted by atomic mass is 9.90. The van der Waals surface area contributed by atoms with Crippen LogP contribution in [0.15, 0.2) is 27.6 Å². The molecule has 4 nitrogen and oxygen atoms in total. The van der Waals surface area contributed by atoms with Crippen LogP contribution in [0.3, 0.4) is 0 Å². The van der Waals surface area contributed by atoms with Gasteiger partial charge in [-0.2, -0.15) is 10.5 Å². The Morgan fingerprint density at radius 1 is 1.16 bits per heavy atom. The van der Waals surface area contributed by atoms with E-state index in [0.717, 1.165) is 37.0 Å². The molecule has 1 aliphatic heterocycles. The predicted octanol–water partition coefficient (Wildman–Crippen LogP) is 3.59. The second-order valence-electron chi connectivity index (χ2n) is 5.83. The van der Waals surface area contributed by atoms with Gasteiger partial charge >= 0.3 is 0 Å². The number of hydrogen-bond acceptors (Lipinski definition) is 4. The predicted molar refractivity (Wildman–Crippen MR) is 71.7 cm³/mol. The fourth-order valence-electron chi connectivity index (χ4n) is 2.21. The highest BCUT2D eigenvalue weighted by atomic mass is 16.5. The normalized spacial score (nSPS) is 18.8. The molecular formula is C15H17N3O. The molecule has 0 radical (unpaired) electrons. The summed E-state index contributed by atoms with van der Waals surface area (Å²) in [6.07, 6.45) is 3.82. The molecule has 0 aromatic carbocycles. The van der Waals surface area contributed by atoms with Gasteiger partial charge in [0.2, 0.25) is 0 Å². The minimum Gasteiger partial charge on any atom is -0.446 e. The molecule has 0 saturated carbocycles. The molecule has 0 saturated heterocycles. The van der Waals surface area contributed by atoms with Gasteiger partial charge in [-0.3, -0.25) is 0 Å². The van der Waals surface area contributed by atoms with E-state index < -0.39 is 0 Å². The quantitative estimate of drug-likeness (QED) is 0.621. The first-order valence-corrected chi connectivity index (χ1v) is 6.51. The Bertz CT molecular complexity index is 558. The first kappa shape index (κ1) is 13.4. The lowest BCUT2D eigenvalue weighted by Gasteiger charge is -2.30. The molecule has 1 heterocycles. The molecule has 0 atom stereocenters. The average Bonchev–Trinajstić information content (AvgIpc) is 2.38. The van der Waals surface area contributed by atoms with Gasteiger partial charge in [0.15, 0.2) is 11.5 Å². The van der Waals surface area contributed by atoms with Crippen molar-refractivity contribution in [2.24, 2.45) is 10.4 Å². The molecule has 0 N–H and O–H groups in total. The van der Waals surface area contributed by atoms with Crippen LogP contribution >= 0.6 is 0 Å². The molecule has 0 bridgehead atoms. The molecule has 2 rings (SSSR count). The van der Waals surface area contributed by atoms with Gasteiger partial charge in [0, 0.05) is 17.4 Å². The third-order valence-electron chi connectivity index (χ3n) is 3.24. The zero-order valence-electron chi connectivity index (χ0n) is 11.6. The van der Waals surface area contributed by atoms with E-state index in [9.17, 15) is 0 Å². The Kier molecular flexibility index (Phi) is 3.44. The number of hydrogen-bond donors (Lipinski definition) is 0. The van der Waals surface area contributed by atoms with Crippen molar-refractivity contribution >= 4 is 5.90 Å². The van der Waals surface area contributed by atoms with Crippen LogP contribution in [-0.4, -0.2) is 5.90 Å². The van der Waals surface area contributed by atoms with Crippen molar-refractivity contribution < 1.29 is 4.74 Å². The molecule has 0 unspecified atom stereocenters. The van der Waals surface area contributed by atoms with Crippen molar-refractivity contribution in [3.8, 4) is 12.1 Å². The largest absolute Gasteiger partial charge is 0.446 e. The van der Waals surface area contributed by atoms with Gasteiger partial charge in [0.1, 0.15) is 23.6 Å². The SMILES string of the molecule is CC(C)(C)C1=NC(=C(C#N)C#N)C2=C(CCCC2)O1. The molecule has 0 aromatic heterocycles. The van der Waals surface area contributed by atoms with E-state index in [1.807, 2.05) is 32.9 Å². The maximum Gasteiger partial charge on any atom is 0.200 e. The molecule has 0 aromatic rings. The van der Waals surface area contributed by atoms with Crippen LogP contribution in [0.2, 0.25) is 0 Å². The minimum atomic E-state index is -0.239. The van der Waals surface area contributed by atoms with Crippen LogP contribution in [0.25, 0.3) is 0 Å². The first-order valence-electron chi connectivity index (χ1n) is 6.51. The second kappa shape index (κ2) is 4.90. The summed E-state index contributed by atoms with van der Waals surface area (Å²) >= 11 is 0. The summed E-state index contributed by atoms with van der Waals surface area (Å²) in [5.74, 6) is 1.48. The summed E-state index contributed by atoms with van der Waals surface area (Å²) < 4.78 is 5.90. The standard InChI is InChI=1S/C15H17N3O/c1-15(2,3)14-18-13(10(8-16)9-17)11-6-4-5-7-12(11)19-14/h4-7H2,1-3H3. The maximum absolute atomic E-state index is 9.09. The van der Waals surface area contributed by atoms with Crippen LogP contribution in [0, 0.1) is 28.1 Å². The monoisotopic (exact) mass is 255 g/mol. The Balaban J connectivity index is 2.58. The lowest BCUT2D eigenvalue weighted by Crippen LogP contribution is -2.27. The van der Waals surface area contributed by atoms with Crippen molar-refractivity contribution in [3.05, 3.63) is 22.6 Å². The minimum absolute atomic E-state index is 0.0828. The maximum atomic E-state index is 9.09. The Hall–Kier alpha value is -2.07. The smallest absolute Gasteiger partial charge is 0.200 e. The molecule has 4 heteroatoms. The number of ether oxygens (including phenoxy) is 1. The van der Waals surface area contributed by atoms with E-state index >= 15 is 0 Å². The van der Waals surface area contributed by atoms with Gasteiger partial charge in [0.25, 0.3) is 0 Å². The Labute approximate surface area is 113 Å². The number of nitrogens with zero attached hydrogens (tertiary/aromatic N) is 3. The highest BCUT2D eigenvalue weighted by molar-refractivity contribution is 5.85. The van der Waals surface area contributed by atoms with Gasteiger partial charge in [-0.1, -0.05) is 20.8 Å². The van der Waals surface area contributed by atoms with Crippen LogP contribution < -0.4 is 0 Å². The molecule has 0 spiro atoms. The summed E-state index contributed by atoms with van der Waals surface area (Å²) in [5.41, 5.74) is 1.31. The number of allylic oxidation sites excluding steroid dienone is 3. The van der Waals surface area contributed by atoms with Crippen molar-refractivity contribution in [1.29, 1.82) is 10.5 Å². The van der Waals surface area contributed by atoms with Crippen LogP contribution in [0.1, 0.15) is 46.5 Å². The molecule has 19 heavy (non-hydrogen) atoms. The number of nitriles is 2. The third-order valence-corrected chi connectivity index (χ3v) is 3.24. The Morgan fingerprint density at radius 2 is 1.79 bits per heavy atom. The van der Waals surface area contributed by atoms with Crippen molar-refractivity contribution in [2.45, 2.75) is 46.5 Å². The highest BCUT2D eigenvalue weighted by Crippen LogP contribution is 2.38. The Morgan fingerprint density at radius 3 is 2.37 bits per heavy atom. The third kappa shape index (κ3) is 2.53. The van der Waals surface area contributed by atoms with Crippen molar-refractivity contribution in [1.82, 2.24) is 0 Å². The molecule has 2 aliphatic rings. The second-order valence-corrected chi connectivity index (χ2v) is 5.83. The number of aliphatic imine (C=N–C) groups is 1. The summed E-state index contributed by atoms with van der Waals surface area (Å²) in [6.45, 7) is 6.03. The molecular weight excluding hydrogens is 238 g/mol. The van der Waals surface area contributed by atoms with E-state index in [4.69, 9.17) is 15.3 Å². The fourth-order valence-corrected chi connectivity index (χ4v) is 2.21. The van der Waals surface area contributed by atoms with Gasteiger partial charge in [-0.05, 0) is 19.3 Å². The fraction of sp³-hybridized carbons (Fsp3) is 0.533. The van der Waals surface area contributed by atoms with Crippen LogP contribution in [0.5, 0.6) is 0 Å². The average molecular weight is 255 g/mol. The first-order chi connectivity index (χ1) is 8.97. The summed E-state index contributed by atoms with van der Waals surface area (Å²) in [7, 11) is 0. The van der Waals surface area contributed by atoms with E-state index in [1.165, 1.54) is 0 Å². The topological polar surface area (TPSA) is 69.2 Å². The summed E-state index contributed by atoms with van der Waals surface area (Å²) in [5, 5.41) is 18.2. The van der Waals surface area contributed by atoms with E-state index in [0.29, 0.717) is 11.6 Å². The van der Waals surface area contributed by atoms with Crippen molar-refractivity contribution in [3.63, 3.8) is 0 Å². The van der Waals surface area contributed by atoms with Gasteiger partial charge in [0.05, 0.1) is 0 Å². The molecule has 98 valence electrons. The van der Waals surface area contributed by atoms with E-state index in [2.05, 4.69) is 4.99 Å². The summed E-state index contributed by atoms with van der Waals surface area (Å²) in [4.78, 5) is 4.45. The zero-order chi connectivity index (χ0) is 14.0. The molecule has 1 aliphatic carbocycles. The van der Waals surface area contributed by atoms with E-state index in [1.54, 1.807) is 0 Å². The molecule has 0 amide bonds. The van der Waals surface area contributed by atoms with Gasteiger partial charge in [-0.25, -0.2) is 4.99 Å². The van der Waals surface area contributed by atoms with Crippen LogP contribution in [0.4, 0.5) is 0 Å². The lowest BCUT2D eigenvalue weighted by molar-refractivity contribution is 0.308. The van der Waals surface area contributed by atoms with E-state index in [-0.39, 0.29) is 11.0 Å². The van der Waals surface area contributed by atoms with Crippen LogP contribution in [-0.2, 0) is 4.74 Å². The highest BCUT2D eigenvalue weighted by Gasteiger charge is 2.31.